The summed E-state index contributed by atoms with van der Waals surface area (Å²) in [4.78, 5) is 56.1. The minimum atomic E-state index is -0.554. The molecule has 2 aromatic carbocycles. The number of fused-ring (bicyclic) bond motifs is 4. The van der Waals surface area contributed by atoms with Crippen molar-refractivity contribution in [3.05, 3.63) is 60.4 Å². The van der Waals surface area contributed by atoms with E-state index in [1.54, 1.807) is 12.4 Å². The summed E-state index contributed by atoms with van der Waals surface area (Å²) in [6, 6.07) is 12.5. The summed E-state index contributed by atoms with van der Waals surface area (Å²) in [6.07, 6.45) is 6.80. The predicted molar refractivity (Wildman–Crippen MR) is 187 cm³/mol. The van der Waals surface area contributed by atoms with Gasteiger partial charge in [0.25, 0.3) is 0 Å². The number of H-pyrrole nitrogens is 2. The molecule has 1 unspecified atom stereocenters. The number of amides is 2. The van der Waals surface area contributed by atoms with Crippen LogP contribution in [0.5, 0.6) is 0 Å². The van der Waals surface area contributed by atoms with Gasteiger partial charge in [-0.25, -0.2) is 24.5 Å². The van der Waals surface area contributed by atoms with Gasteiger partial charge in [0.2, 0.25) is 0 Å². The van der Waals surface area contributed by atoms with Crippen molar-refractivity contribution in [3.8, 4) is 22.5 Å². The van der Waals surface area contributed by atoms with Gasteiger partial charge in [0.05, 0.1) is 52.2 Å². The molecular weight excluding hydrogens is 632 g/mol. The second-order valence-electron chi connectivity index (χ2n) is 16.4. The lowest BCUT2D eigenvalue weighted by Gasteiger charge is -2.29. The Balaban J connectivity index is 0.937. The van der Waals surface area contributed by atoms with Crippen LogP contribution in [-0.2, 0) is 9.47 Å². The number of nitrogens with zero attached hydrogens (tertiary/aromatic N) is 6. The van der Waals surface area contributed by atoms with Crippen LogP contribution in [-0.4, -0.2) is 75.2 Å². The van der Waals surface area contributed by atoms with Crippen molar-refractivity contribution in [1.29, 1.82) is 0 Å². The summed E-state index contributed by atoms with van der Waals surface area (Å²) in [5.41, 5.74) is 5.72. The van der Waals surface area contributed by atoms with E-state index in [1.807, 2.05) is 69.5 Å². The summed E-state index contributed by atoms with van der Waals surface area (Å²) in [5.74, 6) is 2.56. The first-order valence-corrected chi connectivity index (χ1v) is 17.6. The third kappa shape index (κ3) is 5.54. The molecule has 2 N–H and O–H groups in total. The van der Waals surface area contributed by atoms with E-state index < -0.39 is 11.2 Å². The molecule has 3 aromatic heterocycles. The van der Waals surface area contributed by atoms with E-state index in [0.29, 0.717) is 17.5 Å². The van der Waals surface area contributed by atoms with Crippen molar-refractivity contribution in [2.45, 2.75) is 103 Å². The van der Waals surface area contributed by atoms with Crippen LogP contribution in [0.4, 0.5) is 9.59 Å². The highest BCUT2D eigenvalue weighted by atomic mass is 16.6. The summed E-state index contributed by atoms with van der Waals surface area (Å²) in [6.45, 7) is 11.4. The van der Waals surface area contributed by atoms with Crippen LogP contribution in [0, 0.1) is 11.8 Å². The molecule has 2 amide bonds. The molecule has 6 atom stereocenters. The van der Waals surface area contributed by atoms with E-state index in [-0.39, 0.29) is 36.4 Å². The number of aromatic amines is 2. The molecule has 12 heteroatoms. The number of piperidine rings is 2. The van der Waals surface area contributed by atoms with Gasteiger partial charge in [0.1, 0.15) is 28.5 Å². The molecule has 2 saturated heterocycles. The molecule has 5 aromatic rings. The Morgan fingerprint density at radius 1 is 0.680 bits per heavy atom. The first kappa shape index (κ1) is 31.0. The molecule has 0 radical (unpaired) electrons. The highest BCUT2D eigenvalue weighted by Gasteiger charge is 2.57. The quantitative estimate of drug-likeness (QED) is 0.198. The average Bonchev–Trinajstić information content (AvgIpc) is 3.67. The van der Waals surface area contributed by atoms with E-state index in [9.17, 15) is 9.59 Å². The molecule has 2 aliphatic carbocycles. The third-order valence-corrected chi connectivity index (χ3v) is 10.3. The van der Waals surface area contributed by atoms with Gasteiger partial charge in [-0.1, -0.05) is 12.1 Å². The number of hydrogen-bond donors (Lipinski definition) is 2. The predicted octanol–water partition coefficient (Wildman–Crippen LogP) is 7.70. The van der Waals surface area contributed by atoms with Crippen molar-refractivity contribution in [1.82, 2.24) is 39.7 Å². The number of hydrogen-bond acceptors (Lipinski definition) is 8. The second-order valence-corrected chi connectivity index (χ2v) is 16.4. The number of rotatable bonds is 4. The average molecular weight is 675 g/mol. The number of nitrogens with one attached hydrogen (secondary N) is 2. The summed E-state index contributed by atoms with van der Waals surface area (Å²) >= 11 is 0. The number of ether oxygens (including phenoxy) is 2. The zero-order valence-corrected chi connectivity index (χ0v) is 29.2. The van der Waals surface area contributed by atoms with Crippen LogP contribution in [0.3, 0.4) is 0 Å². The summed E-state index contributed by atoms with van der Waals surface area (Å²) in [7, 11) is 0. The zero-order valence-electron chi connectivity index (χ0n) is 29.2. The fourth-order valence-corrected chi connectivity index (χ4v) is 7.88. The maximum absolute atomic E-state index is 13.1. The minimum Gasteiger partial charge on any atom is -0.444 e. The largest absolute Gasteiger partial charge is 0.444 e. The maximum atomic E-state index is 13.1. The first-order chi connectivity index (χ1) is 23.8. The topological polar surface area (TPSA) is 142 Å². The Hall–Kier alpha value is -5.00. The number of likely N-dealkylation sites (tertiary alicyclic amines) is 2. The molecule has 9 rings (SSSR count). The lowest BCUT2D eigenvalue weighted by Crippen LogP contribution is -2.38. The Labute approximate surface area is 290 Å². The molecule has 5 heterocycles. The smallest absolute Gasteiger partial charge is 0.411 e. The van der Waals surface area contributed by atoms with Gasteiger partial charge >= 0.3 is 12.2 Å². The van der Waals surface area contributed by atoms with Crippen LogP contribution >= 0.6 is 0 Å². The molecule has 4 fully saturated rings. The van der Waals surface area contributed by atoms with Crippen molar-refractivity contribution < 1.29 is 19.1 Å². The highest BCUT2D eigenvalue weighted by molar-refractivity contribution is 5.87. The number of aromatic nitrogens is 6. The Bertz CT molecular complexity index is 2180. The molecule has 50 heavy (non-hydrogen) atoms. The van der Waals surface area contributed by atoms with Crippen molar-refractivity contribution >= 4 is 34.3 Å². The summed E-state index contributed by atoms with van der Waals surface area (Å²) < 4.78 is 11.5. The number of benzene rings is 2. The van der Waals surface area contributed by atoms with Crippen LogP contribution < -0.4 is 0 Å². The SMILES string of the molecule is CC(C)(C)OC(=O)N1[C@@H]2CC2C[C@H]1c1nc2ccc(-c3ccc4nc(-c5cnc([C@@H]6C[C@H]7C[C@H]7N6C(=O)OC(C)(C)C)[nH]5)cnc4c3)cc2[nH]1. The molecule has 0 bridgehead atoms. The number of carbonyl (C=O) groups is 2. The van der Waals surface area contributed by atoms with E-state index in [2.05, 4.69) is 33.2 Å². The number of imidazole rings is 2. The van der Waals surface area contributed by atoms with Gasteiger partial charge in [-0.05, 0) is 114 Å². The summed E-state index contributed by atoms with van der Waals surface area (Å²) in [5, 5.41) is 0. The van der Waals surface area contributed by atoms with Gasteiger partial charge in [-0.2, -0.15) is 0 Å². The van der Waals surface area contributed by atoms with Gasteiger partial charge in [0, 0.05) is 12.1 Å². The zero-order chi connectivity index (χ0) is 34.7. The van der Waals surface area contributed by atoms with Gasteiger partial charge in [0.15, 0.2) is 0 Å². The van der Waals surface area contributed by atoms with Crippen molar-refractivity contribution in [2.24, 2.45) is 11.8 Å². The standard InChI is InChI=1S/C38H42N8O4/c1-37(2,3)49-35(47)45-29-13-21(29)15-31(45)33-40-18-28(44-33)27-17-39-25-11-19(7-9-23(25)41-27)20-8-10-24-26(12-20)43-34(42-24)32-16-22-14-30(22)46(32)36(48)50-38(4,5)6/h7-12,17-18,21-22,29-32H,13-16H2,1-6H3,(H,40,44)(H,42,43)/t21-,22?,29-,30-,31+,32+/m1/s1. The maximum Gasteiger partial charge on any atom is 0.411 e. The molecule has 12 nitrogen and oxygen atoms in total. The molecule has 2 aliphatic heterocycles. The minimum absolute atomic E-state index is 0.117. The van der Waals surface area contributed by atoms with Gasteiger partial charge in [-0.3, -0.25) is 14.8 Å². The van der Waals surface area contributed by atoms with Crippen LogP contribution in [0.1, 0.15) is 91.0 Å². The highest BCUT2D eigenvalue weighted by Crippen LogP contribution is 2.54. The Kier molecular flexibility index (Phi) is 6.67. The molecule has 258 valence electrons. The van der Waals surface area contributed by atoms with E-state index >= 15 is 0 Å². The Morgan fingerprint density at radius 3 is 1.92 bits per heavy atom. The first-order valence-electron chi connectivity index (χ1n) is 17.6. The molecular formula is C38H42N8O4. The van der Waals surface area contributed by atoms with Gasteiger partial charge in [-0.15, -0.1) is 0 Å². The van der Waals surface area contributed by atoms with E-state index in [1.165, 1.54) is 0 Å². The van der Waals surface area contributed by atoms with Crippen LogP contribution in [0.25, 0.3) is 44.6 Å². The van der Waals surface area contributed by atoms with Crippen LogP contribution in [0.2, 0.25) is 0 Å². The normalized spacial score (nSPS) is 25.6. The van der Waals surface area contributed by atoms with E-state index in [4.69, 9.17) is 24.4 Å². The lowest BCUT2D eigenvalue weighted by molar-refractivity contribution is 0.0164. The fourth-order valence-electron chi connectivity index (χ4n) is 7.88. The van der Waals surface area contributed by atoms with Crippen LogP contribution in [0.15, 0.2) is 48.8 Å². The second kappa shape index (κ2) is 10.7. The van der Waals surface area contributed by atoms with E-state index in [0.717, 1.165) is 76.2 Å². The fraction of sp³-hybridized carbons (Fsp3) is 0.474. The Morgan fingerprint density at radius 2 is 1.28 bits per heavy atom. The lowest BCUT2D eigenvalue weighted by atomic mass is 10.0. The number of carbonyl (C=O) groups excluding carboxylic acids is 2. The molecule has 4 aliphatic rings. The monoisotopic (exact) mass is 674 g/mol. The van der Waals surface area contributed by atoms with Crippen molar-refractivity contribution in [3.63, 3.8) is 0 Å². The molecule has 0 spiro atoms. The van der Waals surface area contributed by atoms with Gasteiger partial charge < -0.3 is 19.4 Å². The van der Waals surface area contributed by atoms with Crippen molar-refractivity contribution in [2.75, 3.05) is 0 Å². The third-order valence-electron chi connectivity index (χ3n) is 10.3. The molecule has 2 saturated carbocycles.